The van der Waals surface area contributed by atoms with Gasteiger partial charge in [0.25, 0.3) is 0 Å². The lowest BCUT2D eigenvalue weighted by atomic mass is 10.0. The van der Waals surface area contributed by atoms with Crippen LogP contribution >= 0.6 is 23.2 Å². The highest BCUT2D eigenvalue weighted by molar-refractivity contribution is 6.35. The molecule has 6 heteroatoms. The van der Waals surface area contributed by atoms with Crippen molar-refractivity contribution >= 4 is 35.0 Å². The first-order valence-electron chi connectivity index (χ1n) is 10.8. The van der Waals surface area contributed by atoms with E-state index in [1.54, 1.807) is 24.0 Å². The summed E-state index contributed by atoms with van der Waals surface area (Å²) < 4.78 is 0. The zero-order chi connectivity index (χ0) is 22.5. The van der Waals surface area contributed by atoms with Crippen molar-refractivity contribution in [3.63, 3.8) is 0 Å². The van der Waals surface area contributed by atoms with E-state index < -0.39 is 6.04 Å². The predicted molar refractivity (Wildman–Crippen MR) is 126 cm³/mol. The molecule has 166 valence electrons. The van der Waals surface area contributed by atoms with Crippen LogP contribution < -0.4 is 5.32 Å². The van der Waals surface area contributed by atoms with Crippen molar-refractivity contribution in [2.24, 2.45) is 0 Å². The fourth-order valence-corrected chi connectivity index (χ4v) is 4.47. The molecule has 0 heterocycles. The molecule has 0 spiro atoms. The van der Waals surface area contributed by atoms with Gasteiger partial charge in [-0.2, -0.15) is 0 Å². The molecular formula is C25H30Cl2N2O2. The van der Waals surface area contributed by atoms with Crippen molar-refractivity contribution in [1.82, 2.24) is 10.2 Å². The minimum atomic E-state index is -0.605. The third-order valence-electron chi connectivity index (χ3n) is 6.15. The van der Waals surface area contributed by atoms with Gasteiger partial charge < -0.3 is 10.2 Å². The van der Waals surface area contributed by atoms with Crippen molar-refractivity contribution in [2.45, 2.75) is 71.5 Å². The molecule has 0 saturated heterocycles. The van der Waals surface area contributed by atoms with Crippen LogP contribution in [0.1, 0.15) is 54.9 Å². The Hall–Kier alpha value is -2.04. The average Bonchev–Trinajstić information content (AvgIpc) is 3.22. The van der Waals surface area contributed by atoms with E-state index in [1.807, 2.05) is 38.1 Å². The van der Waals surface area contributed by atoms with Crippen LogP contribution in [0, 0.1) is 13.8 Å². The molecule has 0 bridgehead atoms. The van der Waals surface area contributed by atoms with Crippen LogP contribution in [-0.4, -0.2) is 28.8 Å². The second kappa shape index (κ2) is 10.5. The third-order valence-corrected chi connectivity index (χ3v) is 6.74. The second-order valence-electron chi connectivity index (χ2n) is 8.52. The van der Waals surface area contributed by atoms with Crippen LogP contribution in [-0.2, 0) is 22.6 Å². The van der Waals surface area contributed by atoms with E-state index in [2.05, 4.69) is 5.32 Å². The van der Waals surface area contributed by atoms with Gasteiger partial charge in [0.1, 0.15) is 6.04 Å². The normalized spacial score (nSPS) is 15.0. The SMILES string of the molecule is Cc1ccc(CC(=O)N(Cc2ccc(Cl)cc2Cl)C(C)C(=O)NC2CCCC2)cc1C. The molecule has 4 nitrogen and oxygen atoms in total. The van der Waals surface area contributed by atoms with Crippen molar-refractivity contribution in [3.05, 3.63) is 68.7 Å². The first-order valence-corrected chi connectivity index (χ1v) is 11.6. The summed E-state index contributed by atoms with van der Waals surface area (Å²) in [5, 5.41) is 4.14. The van der Waals surface area contributed by atoms with Gasteiger partial charge in [0.15, 0.2) is 0 Å². The molecule has 2 amide bonds. The molecule has 1 fully saturated rings. The Morgan fingerprint density at radius 1 is 1.06 bits per heavy atom. The van der Waals surface area contributed by atoms with Crippen LogP contribution in [0.5, 0.6) is 0 Å². The van der Waals surface area contributed by atoms with E-state index in [1.165, 1.54) is 5.56 Å². The number of aryl methyl sites for hydroxylation is 2. The van der Waals surface area contributed by atoms with E-state index in [0.717, 1.165) is 42.4 Å². The van der Waals surface area contributed by atoms with Gasteiger partial charge in [-0.1, -0.05) is 60.3 Å². The number of nitrogens with one attached hydrogen (secondary N) is 1. The highest BCUT2D eigenvalue weighted by Crippen LogP contribution is 2.24. The summed E-state index contributed by atoms with van der Waals surface area (Å²) in [5.74, 6) is -0.228. The Morgan fingerprint density at radius 2 is 1.77 bits per heavy atom. The molecule has 0 aliphatic heterocycles. The number of carbonyl (C=O) groups excluding carboxylic acids is 2. The molecule has 2 aromatic carbocycles. The quantitative estimate of drug-likeness (QED) is 0.581. The number of halogens is 2. The number of rotatable bonds is 7. The molecule has 1 unspecified atom stereocenters. The molecule has 1 atom stereocenters. The Kier molecular flexibility index (Phi) is 8.01. The van der Waals surface area contributed by atoms with Gasteiger partial charge in [0.05, 0.1) is 6.42 Å². The van der Waals surface area contributed by atoms with Gasteiger partial charge in [-0.05, 0) is 68.0 Å². The van der Waals surface area contributed by atoms with Crippen molar-refractivity contribution in [1.29, 1.82) is 0 Å². The van der Waals surface area contributed by atoms with Crippen LogP contribution in [0.15, 0.2) is 36.4 Å². The summed E-state index contributed by atoms with van der Waals surface area (Å²) in [6.45, 7) is 6.11. The van der Waals surface area contributed by atoms with Crippen molar-refractivity contribution in [2.75, 3.05) is 0 Å². The molecule has 3 rings (SSSR count). The maximum Gasteiger partial charge on any atom is 0.242 e. The number of hydrogen-bond acceptors (Lipinski definition) is 2. The minimum absolute atomic E-state index is 0.108. The summed E-state index contributed by atoms with van der Waals surface area (Å²) in [4.78, 5) is 27.9. The number of amides is 2. The molecular weight excluding hydrogens is 431 g/mol. The lowest BCUT2D eigenvalue weighted by Gasteiger charge is -2.30. The lowest BCUT2D eigenvalue weighted by Crippen LogP contribution is -2.50. The number of benzene rings is 2. The fraction of sp³-hybridized carbons (Fsp3) is 0.440. The first kappa shape index (κ1) is 23.6. The second-order valence-corrected chi connectivity index (χ2v) is 9.36. The van der Waals surface area contributed by atoms with Crippen LogP contribution in [0.3, 0.4) is 0 Å². The van der Waals surface area contributed by atoms with E-state index >= 15 is 0 Å². The van der Waals surface area contributed by atoms with Crippen molar-refractivity contribution < 1.29 is 9.59 Å². The van der Waals surface area contributed by atoms with Crippen LogP contribution in [0.4, 0.5) is 0 Å². The summed E-state index contributed by atoms with van der Waals surface area (Å²) in [5.41, 5.74) is 4.03. The molecule has 0 radical (unpaired) electrons. The van der Waals surface area contributed by atoms with Gasteiger partial charge in [0.2, 0.25) is 11.8 Å². The highest BCUT2D eigenvalue weighted by Gasteiger charge is 2.29. The summed E-state index contributed by atoms with van der Waals surface area (Å²) in [6, 6.07) is 10.8. The molecule has 2 aromatic rings. The highest BCUT2D eigenvalue weighted by atomic mass is 35.5. The molecule has 0 aromatic heterocycles. The van der Waals surface area contributed by atoms with Gasteiger partial charge in [-0.15, -0.1) is 0 Å². The third kappa shape index (κ3) is 6.24. The van der Waals surface area contributed by atoms with E-state index in [9.17, 15) is 9.59 Å². The summed E-state index contributed by atoms with van der Waals surface area (Å²) >= 11 is 12.4. The Balaban J connectivity index is 1.81. The minimum Gasteiger partial charge on any atom is -0.352 e. The molecule has 1 saturated carbocycles. The van der Waals surface area contributed by atoms with E-state index in [4.69, 9.17) is 23.2 Å². The van der Waals surface area contributed by atoms with Crippen molar-refractivity contribution in [3.8, 4) is 0 Å². The zero-order valence-corrected chi connectivity index (χ0v) is 19.9. The van der Waals surface area contributed by atoms with Crippen LogP contribution in [0.25, 0.3) is 0 Å². The van der Waals surface area contributed by atoms with Gasteiger partial charge in [0, 0.05) is 22.6 Å². The first-order chi connectivity index (χ1) is 14.7. The molecule has 1 N–H and O–H groups in total. The summed E-state index contributed by atoms with van der Waals surface area (Å²) in [7, 11) is 0. The zero-order valence-electron chi connectivity index (χ0n) is 18.4. The lowest BCUT2D eigenvalue weighted by molar-refractivity contribution is -0.140. The largest absolute Gasteiger partial charge is 0.352 e. The number of carbonyl (C=O) groups is 2. The van der Waals surface area contributed by atoms with Crippen LogP contribution in [0.2, 0.25) is 10.0 Å². The topological polar surface area (TPSA) is 49.4 Å². The Bertz CT molecular complexity index is 955. The molecule has 1 aliphatic carbocycles. The smallest absolute Gasteiger partial charge is 0.242 e. The van der Waals surface area contributed by atoms with Gasteiger partial charge >= 0.3 is 0 Å². The maximum atomic E-state index is 13.4. The number of hydrogen-bond donors (Lipinski definition) is 1. The standard InChI is InChI=1S/C25H30Cl2N2O2/c1-16-8-9-19(12-17(16)2)13-24(30)29(15-20-10-11-21(26)14-23(20)27)18(3)25(31)28-22-6-4-5-7-22/h8-12,14,18,22H,4-7,13,15H2,1-3H3,(H,28,31). The van der Waals surface area contributed by atoms with E-state index in [0.29, 0.717) is 10.0 Å². The Labute approximate surface area is 194 Å². The fourth-order valence-electron chi connectivity index (χ4n) is 4.00. The predicted octanol–water partition coefficient (Wildman–Crippen LogP) is 5.63. The summed E-state index contributed by atoms with van der Waals surface area (Å²) in [6.07, 6.45) is 4.49. The van der Waals surface area contributed by atoms with E-state index in [-0.39, 0.29) is 30.8 Å². The maximum absolute atomic E-state index is 13.4. The molecule has 31 heavy (non-hydrogen) atoms. The monoisotopic (exact) mass is 460 g/mol. The number of nitrogens with zero attached hydrogens (tertiary/aromatic N) is 1. The van der Waals surface area contributed by atoms with Gasteiger partial charge in [-0.25, -0.2) is 0 Å². The average molecular weight is 461 g/mol. The van der Waals surface area contributed by atoms with Gasteiger partial charge in [-0.3, -0.25) is 9.59 Å². The Morgan fingerprint density at radius 3 is 2.42 bits per heavy atom. The molecule has 1 aliphatic rings.